The zero-order valence-corrected chi connectivity index (χ0v) is 14.7. The Bertz CT molecular complexity index is 762. The maximum Gasteiger partial charge on any atom is 0.151 e. The van der Waals surface area contributed by atoms with Crippen molar-refractivity contribution < 1.29 is 8.42 Å². The first kappa shape index (κ1) is 17.2. The highest BCUT2D eigenvalue weighted by molar-refractivity contribution is 7.91. The van der Waals surface area contributed by atoms with Crippen molar-refractivity contribution in [3.05, 3.63) is 41.0 Å². The zero-order valence-electron chi connectivity index (χ0n) is 13.1. The van der Waals surface area contributed by atoms with Crippen LogP contribution in [0.4, 0.5) is 0 Å². The zero-order chi connectivity index (χ0) is 16.3. The molecule has 0 bridgehead atoms. The summed E-state index contributed by atoms with van der Waals surface area (Å²) in [4.78, 5) is 6.42. The number of benzene rings is 1. The molecule has 0 fully saturated rings. The molecule has 0 aliphatic rings. The monoisotopic (exact) mass is 340 g/mol. The molecule has 0 radical (unpaired) electrons. The molecule has 120 valence electrons. The predicted molar refractivity (Wildman–Crippen MR) is 92.0 cm³/mol. The molecule has 0 spiro atoms. The van der Waals surface area contributed by atoms with E-state index in [1.54, 1.807) is 13.1 Å². The Morgan fingerprint density at radius 1 is 1.32 bits per heavy atom. The second kappa shape index (κ2) is 6.94. The smallest absolute Gasteiger partial charge is 0.151 e. The van der Waals surface area contributed by atoms with E-state index in [1.165, 1.54) is 0 Å². The molecule has 4 nitrogen and oxygen atoms in total. The van der Waals surface area contributed by atoms with Crippen molar-refractivity contribution in [2.45, 2.75) is 26.4 Å². The van der Waals surface area contributed by atoms with Gasteiger partial charge in [-0.05, 0) is 26.1 Å². The van der Waals surface area contributed by atoms with Crippen LogP contribution in [0.1, 0.15) is 19.4 Å². The van der Waals surface area contributed by atoms with Crippen LogP contribution in [0.2, 0.25) is 5.02 Å². The summed E-state index contributed by atoms with van der Waals surface area (Å²) in [6.45, 7) is 4.15. The molecule has 6 heteroatoms. The Kier molecular flexibility index (Phi) is 5.42. The van der Waals surface area contributed by atoms with Gasteiger partial charge in [0.1, 0.15) is 0 Å². The van der Waals surface area contributed by atoms with E-state index in [0.717, 1.165) is 16.5 Å². The van der Waals surface area contributed by atoms with Gasteiger partial charge in [-0.3, -0.25) is 9.88 Å². The van der Waals surface area contributed by atoms with Gasteiger partial charge in [0.05, 0.1) is 11.3 Å². The van der Waals surface area contributed by atoms with Gasteiger partial charge in [-0.15, -0.1) is 0 Å². The Morgan fingerprint density at radius 3 is 2.73 bits per heavy atom. The van der Waals surface area contributed by atoms with Gasteiger partial charge in [0.25, 0.3) is 0 Å². The normalized spacial score (nSPS) is 13.7. The van der Waals surface area contributed by atoms with Crippen molar-refractivity contribution in [1.29, 1.82) is 0 Å². The third-order valence-electron chi connectivity index (χ3n) is 3.92. The van der Waals surface area contributed by atoms with Gasteiger partial charge < -0.3 is 0 Å². The first-order valence-electron chi connectivity index (χ1n) is 7.27. The van der Waals surface area contributed by atoms with E-state index in [9.17, 15) is 8.42 Å². The topological polar surface area (TPSA) is 50.3 Å². The first-order chi connectivity index (χ1) is 10.3. The molecule has 2 rings (SSSR count). The lowest BCUT2D eigenvalue weighted by Crippen LogP contribution is -2.35. The van der Waals surface area contributed by atoms with E-state index in [1.807, 2.05) is 43.1 Å². The molecule has 0 saturated carbocycles. The molecular formula is C16H21ClN2O2S. The Morgan fingerprint density at radius 2 is 2.05 bits per heavy atom. The van der Waals surface area contributed by atoms with Crippen molar-refractivity contribution in [2.75, 3.05) is 18.6 Å². The molecule has 1 aromatic heterocycles. The molecule has 1 heterocycles. The van der Waals surface area contributed by atoms with Gasteiger partial charge in [-0.25, -0.2) is 8.42 Å². The van der Waals surface area contributed by atoms with Crippen LogP contribution in [-0.4, -0.2) is 42.9 Å². The molecule has 0 amide bonds. The number of rotatable bonds is 6. The molecular weight excluding hydrogens is 320 g/mol. The Labute approximate surface area is 137 Å². The van der Waals surface area contributed by atoms with E-state index in [4.69, 9.17) is 11.6 Å². The van der Waals surface area contributed by atoms with Gasteiger partial charge in [-0.1, -0.05) is 30.7 Å². The van der Waals surface area contributed by atoms with E-state index in [0.29, 0.717) is 11.6 Å². The number of halogens is 1. The highest BCUT2D eigenvalue weighted by atomic mass is 35.5. The van der Waals surface area contributed by atoms with Crippen LogP contribution in [0, 0.1) is 0 Å². The maximum atomic E-state index is 11.8. The average molecular weight is 341 g/mol. The number of pyridine rings is 1. The summed E-state index contributed by atoms with van der Waals surface area (Å²) in [5, 5.41) is 1.69. The van der Waals surface area contributed by atoms with Crippen LogP contribution >= 0.6 is 11.6 Å². The Balaban J connectivity index is 2.25. The standard InChI is InChI=1S/C16H21ClN2O2S/c1-4-22(20,21)11-12(2)19(3)10-14-15(17)8-7-13-6-5-9-18-16(13)14/h5-9,12H,4,10-11H2,1-3H3/t12-/m0/s1. The summed E-state index contributed by atoms with van der Waals surface area (Å²) in [6.07, 6.45) is 1.74. The fourth-order valence-corrected chi connectivity index (χ4v) is 3.79. The second-order valence-corrected chi connectivity index (χ2v) is 8.37. The number of hydrogen-bond donors (Lipinski definition) is 0. The van der Waals surface area contributed by atoms with Crippen LogP contribution in [-0.2, 0) is 16.4 Å². The summed E-state index contributed by atoms with van der Waals surface area (Å²) in [5.41, 5.74) is 1.80. The molecule has 22 heavy (non-hydrogen) atoms. The minimum absolute atomic E-state index is 0.0833. The Hall–Kier alpha value is -1.17. The van der Waals surface area contributed by atoms with Crippen LogP contribution < -0.4 is 0 Å². The fraction of sp³-hybridized carbons (Fsp3) is 0.438. The second-order valence-electron chi connectivity index (χ2n) is 5.56. The molecule has 0 unspecified atom stereocenters. The van der Waals surface area contributed by atoms with E-state index in [2.05, 4.69) is 4.98 Å². The highest BCUT2D eigenvalue weighted by Crippen LogP contribution is 2.26. The van der Waals surface area contributed by atoms with Gasteiger partial charge in [0.2, 0.25) is 0 Å². The first-order valence-corrected chi connectivity index (χ1v) is 9.46. The summed E-state index contributed by atoms with van der Waals surface area (Å²) < 4.78 is 23.6. The molecule has 0 aliphatic heterocycles. The lowest BCUT2D eigenvalue weighted by Gasteiger charge is -2.25. The quantitative estimate of drug-likeness (QED) is 0.810. The largest absolute Gasteiger partial charge is 0.298 e. The summed E-state index contributed by atoms with van der Waals surface area (Å²) in [6, 6.07) is 7.61. The van der Waals surface area contributed by atoms with Crippen LogP contribution in [0.25, 0.3) is 10.9 Å². The SMILES string of the molecule is CCS(=O)(=O)C[C@H](C)N(C)Cc1c(Cl)ccc2cccnc12. The van der Waals surface area contributed by atoms with E-state index < -0.39 is 9.84 Å². The number of nitrogens with zero attached hydrogens (tertiary/aromatic N) is 2. The summed E-state index contributed by atoms with van der Waals surface area (Å²) in [7, 11) is -1.09. The lowest BCUT2D eigenvalue weighted by molar-refractivity contribution is 0.268. The van der Waals surface area contributed by atoms with Gasteiger partial charge in [0, 0.05) is 40.5 Å². The van der Waals surface area contributed by atoms with Crippen molar-refractivity contribution in [3.63, 3.8) is 0 Å². The number of fused-ring (bicyclic) bond motifs is 1. The maximum absolute atomic E-state index is 11.8. The lowest BCUT2D eigenvalue weighted by atomic mass is 10.1. The number of aromatic nitrogens is 1. The number of sulfone groups is 1. The highest BCUT2D eigenvalue weighted by Gasteiger charge is 2.19. The minimum atomic E-state index is -3.00. The van der Waals surface area contributed by atoms with Crippen molar-refractivity contribution in [2.24, 2.45) is 0 Å². The molecule has 0 N–H and O–H groups in total. The van der Waals surface area contributed by atoms with Gasteiger partial charge in [-0.2, -0.15) is 0 Å². The fourth-order valence-electron chi connectivity index (χ4n) is 2.35. The van der Waals surface area contributed by atoms with Gasteiger partial charge >= 0.3 is 0 Å². The molecule has 0 aliphatic carbocycles. The summed E-state index contributed by atoms with van der Waals surface area (Å²) >= 11 is 6.33. The number of hydrogen-bond acceptors (Lipinski definition) is 4. The third-order valence-corrected chi connectivity index (χ3v) is 6.14. The van der Waals surface area contributed by atoms with Crippen molar-refractivity contribution in [1.82, 2.24) is 9.88 Å². The van der Waals surface area contributed by atoms with Crippen LogP contribution in [0.3, 0.4) is 0 Å². The van der Waals surface area contributed by atoms with E-state index >= 15 is 0 Å². The van der Waals surface area contributed by atoms with Crippen LogP contribution in [0.5, 0.6) is 0 Å². The van der Waals surface area contributed by atoms with Gasteiger partial charge in [0.15, 0.2) is 9.84 Å². The third kappa shape index (κ3) is 3.97. The summed E-state index contributed by atoms with van der Waals surface area (Å²) in [5.74, 6) is 0.317. The molecule has 1 atom stereocenters. The van der Waals surface area contributed by atoms with Crippen LogP contribution in [0.15, 0.2) is 30.5 Å². The minimum Gasteiger partial charge on any atom is -0.298 e. The average Bonchev–Trinajstić information content (AvgIpc) is 2.49. The van der Waals surface area contributed by atoms with E-state index in [-0.39, 0.29) is 17.5 Å². The predicted octanol–water partition coefficient (Wildman–Crippen LogP) is 3.14. The molecule has 1 aromatic carbocycles. The van der Waals surface area contributed by atoms with Crippen molar-refractivity contribution in [3.8, 4) is 0 Å². The molecule has 2 aromatic rings. The molecule has 0 saturated heterocycles. The van der Waals surface area contributed by atoms with Crippen molar-refractivity contribution >= 4 is 32.3 Å².